The number of halogens is 1. The minimum atomic E-state index is -0.444. The number of nitrogens with one attached hydrogen (secondary N) is 1. The van der Waals surface area contributed by atoms with E-state index in [-0.39, 0.29) is 17.1 Å². The fraction of sp³-hybridized carbons (Fsp3) is 0.0476. The first-order valence-corrected chi connectivity index (χ1v) is 8.57. The molecule has 7 nitrogen and oxygen atoms in total. The van der Waals surface area contributed by atoms with Gasteiger partial charge in [0.1, 0.15) is 29.2 Å². The molecule has 2 aromatic heterocycles. The number of hydrogen-bond acceptors (Lipinski definition) is 5. The van der Waals surface area contributed by atoms with Gasteiger partial charge in [0.05, 0.1) is 21.5 Å². The smallest absolute Gasteiger partial charge is 0.273 e. The van der Waals surface area contributed by atoms with E-state index in [9.17, 15) is 19.8 Å². The van der Waals surface area contributed by atoms with Gasteiger partial charge in [-0.2, -0.15) is 5.26 Å². The molecule has 4 aromatic rings. The molecule has 0 bridgehead atoms. The normalized spacial score (nSPS) is 11.6. The summed E-state index contributed by atoms with van der Waals surface area (Å²) in [5.41, 5.74) is 2.33. The van der Waals surface area contributed by atoms with Gasteiger partial charge >= 0.3 is 0 Å². The second-order valence-corrected chi connectivity index (χ2v) is 6.38. The van der Waals surface area contributed by atoms with Gasteiger partial charge < -0.3 is 9.40 Å². The van der Waals surface area contributed by atoms with Crippen LogP contribution < -0.4 is 0 Å². The third kappa shape index (κ3) is 3.49. The third-order valence-electron chi connectivity index (χ3n) is 4.42. The minimum Gasteiger partial charge on any atom is -0.457 e. The van der Waals surface area contributed by atoms with Crippen molar-refractivity contribution in [3.05, 3.63) is 81.6 Å². The molecule has 0 saturated carbocycles. The molecule has 1 N–H and O–H groups in total. The van der Waals surface area contributed by atoms with Gasteiger partial charge in [0.15, 0.2) is 0 Å². The molecule has 4 rings (SSSR count). The summed E-state index contributed by atoms with van der Waals surface area (Å²) in [6.45, 7) is 1.66. The van der Waals surface area contributed by atoms with E-state index in [0.29, 0.717) is 33.7 Å². The van der Waals surface area contributed by atoms with Crippen molar-refractivity contribution in [2.75, 3.05) is 0 Å². The summed E-state index contributed by atoms with van der Waals surface area (Å²) in [6.07, 6.45) is 1.50. The summed E-state index contributed by atoms with van der Waals surface area (Å²) in [5.74, 6) is 0.699. The molecule has 0 aliphatic rings. The Hall–Kier alpha value is -4.25. The second kappa shape index (κ2) is 7.05. The molecule has 0 radical (unpaired) electrons. The lowest BCUT2D eigenvalue weighted by molar-refractivity contribution is -0.385. The molecule has 0 unspecified atom stereocenters. The van der Waals surface area contributed by atoms with Gasteiger partial charge in [0, 0.05) is 23.3 Å². The summed E-state index contributed by atoms with van der Waals surface area (Å²) >= 11 is 0. The molecule has 0 spiro atoms. The highest BCUT2D eigenvalue weighted by Crippen LogP contribution is 2.29. The number of fused-ring (bicyclic) bond motifs is 1. The molecule has 0 aliphatic carbocycles. The van der Waals surface area contributed by atoms with Crippen LogP contribution in [0.2, 0.25) is 0 Å². The Kier molecular flexibility index (Phi) is 4.41. The van der Waals surface area contributed by atoms with Crippen molar-refractivity contribution in [3.8, 4) is 17.4 Å². The van der Waals surface area contributed by atoms with E-state index in [1.807, 2.05) is 6.07 Å². The van der Waals surface area contributed by atoms with Gasteiger partial charge in [0.25, 0.3) is 5.69 Å². The maximum absolute atomic E-state index is 13.4. The monoisotopic (exact) mass is 388 g/mol. The van der Waals surface area contributed by atoms with Crippen molar-refractivity contribution in [1.82, 2.24) is 9.97 Å². The Balaban J connectivity index is 1.69. The van der Waals surface area contributed by atoms with Crippen LogP contribution in [0.25, 0.3) is 34.0 Å². The Bertz CT molecular complexity index is 1330. The average molecular weight is 388 g/mol. The SMILES string of the molecule is Cc1ccc(-c2ccc(/C=C(/C#N)c3nc4ccc(F)cc4[nH]3)o2)cc1[N+](=O)[O-]. The maximum atomic E-state index is 13.4. The molecule has 2 heterocycles. The topological polar surface area (TPSA) is 109 Å². The Morgan fingerprint density at radius 3 is 2.86 bits per heavy atom. The van der Waals surface area contributed by atoms with Crippen LogP contribution in [0, 0.1) is 34.2 Å². The van der Waals surface area contributed by atoms with Crippen LogP contribution in [0.5, 0.6) is 0 Å². The Morgan fingerprint density at radius 2 is 2.10 bits per heavy atom. The van der Waals surface area contributed by atoms with Crippen molar-refractivity contribution in [3.63, 3.8) is 0 Å². The van der Waals surface area contributed by atoms with Gasteiger partial charge in [-0.3, -0.25) is 10.1 Å². The molecular weight excluding hydrogens is 375 g/mol. The number of aryl methyl sites for hydroxylation is 1. The van der Waals surface area contributed by atoms with Gasteiger partial charge in [-0.15, -0.1) is 0 Å². The van der Waals surface area contributed by atoms with Gasteiger partial charge in [-0.05, 0) is 37.3 Å². The van der Waals surface area contributed by atoms with Crippen LogP contribution in [0.15, 0.2) is 52.9 Å². The van der Waals surface area contributed by atoms with Crippen molar-refractivity contribution < 1.29 is 13.7 Å². The largest absolute Gasteiger partial charge is 0.457 e. The van der Waals surface area contributed by atoms with Crippen LogP contribution in [-0.2, 0) is 0 Å². The number of benzene rings is 2. The molecule has 0 saturated heterocycles. The molecule has 2 aromatic carbocycles. The van der Waals surface area contributed by atoms with Crippen LogP contribution >= 0.6 is 0 Å². The van der Waals surface area contributed by atoms with Crippen LogP contribution in [0.3, 0.4) is 0 Å². The number of furan rings is 1. The van der Waals surface area contributed by atoms with E-state index in [1.54, 1.807) is 31.2 Å². The first kappa shape index (κ1) is 18.1. The number of H-pyrrole nitrogens is 1. The number of nitriles is 1. The number of nitro groups is 1. The van der Waals surface area contributed by atoms with E-state index in [2.05, 4.69) is 9.97 Å². The maximum Gasteiger partial charge on any atom is 0.273 e. The standard InChI is InChI=1S/C21H13FN4O3/c1-12-2-3-13(9-19(12)26(27)28)20-7-5-16(29-20)8-14(11-23)21-24-17-6-4-15(22)10-18(17)25-21/h2-10H,1H3,(H,24,25)/b14-8-. The fourth-order valence-corrected chi connectivity index (χ4v) is 2.95. The lowest BCUT2D eigenvalue weighted by Gasteiger charge is -2.00. The zero-order valence-corrected chi connectivity index (χ0v) is 15.1. The van der Waals surface area contributed by atoms with Crippen LogP contribution in [0.1, 0.15) is 17.1 Å². The number of allylic oxidation sites excluding steroid dienone is 1. The first-order chi connectivity index (χ1) is 13.9. The van der Waals surface area contributed by atoms with E-state index in [0.717, 1.165) is 0 Å². The van der Waals surface area contributed by atoms with E-state index in [4.69, 9.17) is 4.42 Å². The quantitative estimate of drug-likeness (QED) is 0.292. The summed E-state index contributed by atoms with van der Waals surface area (Å²) < 4.78 is 19.1. The average Bonchev–Trinajstić information content (AvgIpc) is 3.32. The Labute approximate surface area is 163 Å². The molecule has 8 heteroatoms. The van der Waals surface area contributed by atoms with E-state index in [1.165, 1.54) is 30.3 Å². The highest BCUT2D eigenvalue weighted by Gasteiger charge is 2.14. The molecule has 0 aliphatic heterocycles. The summed E-state index contributed by atoms with van der Waals surface area (Å²) in [6, 6.07) is 14.3. The second-order valence-electron chi connectivity index (χ2n) is 6.38. The predicted molar refractivity (Wildman–Crippen MR) is 105 cm³/mol. The number of aromatic amines is 1. The molecule has 29 heavy (non-hydrogen) atoms. The van der Waals surface area contributed by atoms with E-state index < -0.39 is 10.7 Å². The third-order valence-corrected chi connectivity index (χ3v) is 4.42. The fourth-order valence-electron chi connectivity index (χ4n) is 2.95. The van der Waals surface area contributed by atoms with Gasteiger partial charge in [-0.25, -0.2) is 9.37 Å². The number of imidazole rings is 1. The summed E-state index contributed by atoms with van der Waals surface area (Å²) in [5, 5.41) is 20.6. The van der Waals surface area contributed by atoms with Gasteiger partial charge in [-0.1, -0.05) is 12.1 Å². The molecule has 142 valence electrons. The summed E-state index contributed by atoms with van der Waals surface area (Å²) in [7, 11) is 0. The number of rotatable bonds is 4. The molecule has 0 fully saturated rings. The number of nitrogens with zero attached hydrogens (tertiary/aromatic N) is 3. The number of aromatic nitrogens is 2. The number of nitro benzene ring substituents is 1. The Morgan fingerprint density at radius 1 is 1.28 bits per heavy atom. The van der Waals surface area contributed by atoms with Crippen molar-refractivity contribution in [1.29, 1.82) is 5.26 Å². The van der Waals surface area contributed by atoms with Crippen molar-refractivity contribution in [2.45, 2.75) is 6.92 Å². The van der Waals surface area contributed by atoms with E-state index >= 15 is 0 Å². The minimum absolute atomic E-state index is 0.00298. The molecule has 0 atom stereocenters. The number of hydrogen-bond donors (Lipinski definition) is 1. The van der Waals surface area contributed by atoms with Crippen LogP contribution in [0.4, 0.5) is 10.1 Å². The first-order valence-electron chi connectivity index (χ1n) is 8.57. The van der Waals surface area contributed by atoms with Crippen molar-refractivity contribution >= 4 is 28.4 Å². The lowest BCUT2D eigenvalue weighted by atomic mass is 10.1. The van der Waals surface area contributed by atoms with Crippen LogP contribution in [-0.4, -0.2) is 14.9 Å². The summed E-state index contributed by atoms with van der Waals surface area (Å²) in [4.78, 5) is 17.9. The molecule has 0 amide bonds. The van der Waals surface area contributed by atoms with Crippen molar-refractivity contribution in [2.24, 2.45) is 0 Å². The zero-order valence-electron chi connectivity index (χ0n) is 15.1. The highest BCUT2D eigenvalue weighted by atomic mass is 19.1. The van der Waals surface area contributed by atoms with Gasteiger partial charge in [0.2, 0.25) is 0 Å². The lowest BCUT2D eigenvalue weighted by Crippen LogP contribution is -1.91. The highest BCUT2D eigenvalue weighted by molar-refractivity contribution is 5.89. The zero-order chi connectivity index (χ0) is 20.5. The predicted octanol–water partition coefficient (Wildman–Crippen LogP) is 5.24. The molecular formula is C21H13FN4O3.